The van der Waals surface area contributed by atoms with Crippen molar-refractivity contribution in [2.75, 3.05) is 16.9 Å². The molecule has 3 aromatic rings. The van der Waals surface area contributed by atoms with E-state index in [-0.39, 0.29) is 22.9 Å². The van der Waals surface area contributed by atoms with Gasteiger partial charge in [0, 0.05) is 11.3 Å². The number of rotatable bonds is 5. The third kappa shape index (κ3) is 4.51. The summed E-state index contributed by atoms with van der Waals surface area (Å²) >= 11 is 1.18. The summed E-state index contributed by atoms with van der Waals surface area (Å²) in [4.78, 5) is 12.4. The molecule has 8 heteroatoms. The maximum atomic E-state index is 13.1. The van der Waals surface area contributed by atoms with Crippen molar-refractivity contribution < 1.29 is 9.18 Å². The molecule has 146 valence electrons. The highest BCUT2D eigenvalue weighted by Crippen LogP contribution is 2.29. The monoisotopic (exact) mass is 399 g/mol. The van der Waals surface area contributed by atoms with Crippen molar-refractivity contribution in [1.82, 2.24) is 14.9 Å². The highest BCUT2D eigenvalue weighted by atomic mass is 32.2. The van der Waals surface area contributed by atoms with Gasteiger partial charge in [0.25, 0.3) is 0 Å². The number of anilines is 1. The van der Waals surface area contributed by atoms with E-state index >= 15 is 0 Å². The molecule has 0 bridgehead atoms. The summed E-state index contributed by atoms with van der Waals surface area (Å²) < 4.78 is 14.4. The molecule has 0 fully saturated rings. The minimum absolute atomic E-state index is 0.0848. The molecule has 0 saturated carbocycles. The molecular weight excluding hydrogens is 377 g/mol. The molecule has 0 aliphatic heterocycles. The van der Waals surface area contributed by atoms with Gasteiger partial charge in [-0.3, -0.25) is 4.79 Å². The number of hydrogen-bond donors (Lipinski definition) is 2. The Bertz CT molecular complexity index is 979. The van der Waals surface area contributed by atoms with Crippen molar-refractivity contribution >= 4 is 23.4 Å². The molecule has 3 rings (SSSR count). The lowest BCUT2D eigenvalue weighted by Gasteiger charge is -2.22. The second kappa shape index (κ2) is 8.02. The highest BCUT2D eigenvalue weighted by Gasteiger charge is 2.19. The molecule has 0 saturated heterocycles. The van der Waals surface area contributed by atoms with Crippen molar-refractivity contribution in [3.05, 3.63) is 59.9 Å². The average molecular weight is 399 g/mol. The van der Waals surface area contributed by atoms with Gasteiger partial charge in [-0.2, -0.15) is 0 Å². The molecular formula is C20H22FN5OS. The second-order valence-corrected chi connectivity index (χ2v) is 8.26. The van der Waals surface area contributed by atoms with Crippen LogP contribution >= 0.6 is 11.8 Å². The summed E-state index contributed by atoms with van der Waals surface area (Å²) in [5.41, 5.74) is 2.42. The molecule has 0 unspecified atom stereocenters. The number of nitrogen functional groups attached to an aromatic ring is 1. The molecule has 1 amide bonds. The first-order valence-electron chi connectivity index (χ1n) is 8.74. The van der Waals surface area contributed by atoms with E-state index in [9.17, 15) is 9.18 Å². The molecule has 0 atom stereocenters. The van der Waals surface area contributed by atoms with Gasteiger partial charge in [-0.05, 0) is 41.3 Å². The van der Waals surface area contributed by atoms with Crippen molar-refractivity contribution in [2.24, 2.45) is 0 Å². The number of halogens is 1. The number of hydrogen-bond acceptors (Lipinski definition) is 5. The minimum Gasteiger partial charge on any atom is -0.335 e. The molecule has 0 aliphatic carbocycles. The summed E-state index contributed by atoms with van der Waals surface area (Å²) in [5.74, 6) is 6.08. The van der Waals surface area contributed by atoms with Crippen molar-refractivity contribution in [3.63, 3.8) is 0 Å². The number of aromatic nitrogens is 3. The number of amides is 1. The van der Waals surface area contributed by atoms with Crippen LogP contribution < -0.4 is 11.2 Å². The SMILES string of the molecule is CC(C)(C)c1ccccc1NC(=O)CSc1nnc(-c2ccc(F)cc2)n1N. The Hall–Kier alpha value is -2.87. The second-order valence-electron chi connectivity index (χ2n) is 7.32. The summed E-state index contributed by atoms with van der Waals surface area (Å²) in [5, 5.41) is 11.4. The zero-order valence-electron chi connectivity index (χ0n) is 15.9. The van der Waals surface area contributed by atoms with Crippen LogP contribution in [-0.2, 0) is 10.2 Å². The van der Waals surface area contributed by atoms with E-state index in [1.54, 1.807) is 12.1 Å². The smallest absolute Gasteiger partial charge is 0.234 e. The Morgan fingerprint density at radius 2 is 1.82 bits per heavy atom. The molecule has 0 radical (unpaired) electrons. The van der Waals surface area contributed by atoms with E-state index in [4.69, 9.17) is 5.84 Å². The third-order valence-corrected chi connectivity index (χ3v) is 5.05. The normalized spacial score (nSPS) is 11.4. The quantitative estimate of drug-likeness (QED) is 0.503. The van der Waals surface area contributed by atoms with Crippen LogP contribution in [0.3, 0.4) is 0 Å². The van der Waals surface area contributed by atoms with Gasteiger partial charge in [-0.1, -0.05) is 50.7 Å². The standard InChI is InChI=1S/C20H22FN5OS/c1-20(2,3)15-6-4-5-7-16(15)23-17(27)12-28-19-25-24-18(26(19)22)13-8-10-14(21)11-9-13/h4-11H,12,22H2,1-3H3,(H,23,27). The fourth-order valence-corrected chi connectivity index (χ4v) is 3.39. The summed E-state index contributed by atoms with van der Waals surface area (Å²) in [6.45, 7) is 6.29. The van der Waals surface area contributed by atoms with Crippen LogP contribution in [-0.4, -0.2) is 26.5 Å². The van der Waals surface area contributed by atoms with Gasteiger partial charge < -0.3 is 11.2 Å². The number of nitrogens with one attached hydrogen (secondary N) is 1. The summed E-state index contributed by atoms with van der Waals surface area (Å²) in [6.07, 6.45) is 0. The van der Waals surface area contributed by atoms with E-state index < -0.39 is 0 Å². The highest BCUT2D eigenvalue weighted by molar-refractivity contribution is 7.99. The Labute approximate surface area is 167 Å². The molecule has 6 nitrogen and oxygen atoms in total. The van der Waals surface area contributed by atoms with Crippen LogP contribution in [0, 0.1) is 5.82 Å². The lowest BCUT2D eigenvalue weighted by Crippen LogP contribution is -2.20. The average Bonchev–Trinajstić information content (AvgIpc) is 3.01. The predicted molar refractivity (Wildman–Crippen MR) is 110 cm³/mol. The fraction of sp³-hybridized carbons (Fsp3) is 0.250. The zero-order valence-corrected chi connectivity index (χ0v) is 16.8. The van der Waals surface area contributed by atoms with Crippen LogP contribution in [0.15, 0.2) is 53.7 Å². The van der Waals surface area contributed by atoms with Gasteiger partial charge in [-0.15, -0.1) is 10.2 Å². The summed E-state index contributed by atoms with van der Waals surface area (Å²) in [7, 11) is 0. The molecule has 0 aliphatic rings. The largest absolute Gasteiger partial charge is 0.335 e. The van der Waals surface area contributed by atoms with Gasteiger partial charge in [0.2, 0.25) is 11.1 Å². The number of carbonyl (C=O) groups excluding carboxylic acids is 1. The minimum atomic E-state index is -0.339. The van der Waals surface area contributed by atoms with Crippen LogP contribution in [0.5, 0.6) is 0 Å². The van der Waals surface area contributed by atoms with E-state index in [2.05, 4.69) is 36.3 Å². The number of thioether (sulfide) groups is 1. The maximum Gasteiger partial charge on any atom is 0.234 e. The van der Waals surface area contributed by atoms with Crippen LogP contribution in [0.1, 0.15) is 26.3 Å². The first-order valence-corrected chi connectivity index (χ1v) is 9.73. The predicted octanol–water partition coefficient (Wildman–Crippen LogP) is 3.83. The molecule has 1 aromatic heterocycles. The third-order valence-electron chi connectivity index (χ3n) is 4.11. The Morgan fingerprint density at radius 1 is 1.14 bits per heavy atom. The number of nitrogens with two attached hydrogens (primary N) is 1. The van der Waals surface area contributed by atoms with Gasteiger partial charge >= 0.3 is 0 Å². The van der Waals surface area contributed by atoms with Gasteiger partial charge in [0.15, 0.2) is 5.82 Å². The van der Waals surface area contributed by atoms with Crippen LogP contribution in [0.4, 0.5) is 10.1 Å². The van der Waals surface area contributed by atoms with Crippen molar-refractivity contribution in [1.29, 1.82) is 0 Å². The molecule has 28 heavy (non-hydrogen) atoms. The van der Waals surface area contributed by atoms with Gasteiger partial charge in [0.1, 0.15) is 5.82 Å². The van der Waals surface area contributed by atoms with Crippen LogP contribution in [0.2, 0.25) is 0 Å². The lowest BCUT2D eigenvalue weighted by molar-refractivity contribution is -0.113. The summed E-state index contributed by atoms with van der Waals surface area (Å²) in [6, 6.07) is 13.6. The van der Waals surface area contributed by atoms with Crippen LogP contribution in [0.25, 0.3) is 11.4 Å². The number of benzene rings is 2. The van der Waals surface area contributed by atoms with E-state index in [0.717, 1.165) is 11.3 Å². The maximum absolute atomic E-state index is 13.1. The van der Waals surface area contributed by atoms with E-state index in [1.165, 1.54) is 28.6 Å². The molecule has 2 aromatic carbocycles. The molecule has 3 N–H and O–H groups in total. The first-order chi connectivity index (χ1) is 13.3. The van der Waals surface area contributed by atoms with Gasteiger partial charge in [0.05, 0.1) is 5.75 Å². The topological polar surface area (TPSA) is 85.8 Å². The zero-order chi connectivity index (χ0) is 20.3. The fourth-order valence-electron chi connectivity index (χ4n) is 2.73. The van der Waals surface area contributed by atoms with Crippen molar-refractivity contribution in [3.8, 4) is 11.4 Å². The molecule has 1 heterocycles. The van der Waals surface area contributed by atoms with E-state index in [1.807, 2.05) is 24.3 Å². The Balaban J connectivity index is 1.67. The molecule has 0 spiro atoms. The van der Waals surface area contributed by atoms with Gasteiger partial charge in [-0.25, -0.2) is 9.07 Å². The number of para-hydroxylation sites is 1. The Morgan fingerprint density at radius 3 is 2.50 bits per heavy atom. The van der Waals surface area contributed by atoms with Crippen molar-refractivity contribution in [2.45, 2.75) is 31.3 Å². The first kappa shape index (κ1) is 19.9. The Kier molecular flexibility index (Phi) is 5.69. The lowest BCUT2D eigenvalue weighted by atomic mass is 9.86. The van der Waals surface area contributed by atoms with E-state index in [0.29, 0.717) is 16.5 Å². The number of carbonyl (C=O) groups is 1. The number of nitrogens with zero attached hydrogens (tertiary/aromatic N) is 3.